The number of hydrogen-bond donors (Lipinski definition) is 2. The first-order chi connectivity index (χ1) is 11.2. The maximum atomic E-state index is 13.2. The second-order valence-corrected chi connectivity index (χ2v) is 7.05. The normalized spacial score (nSPS) is 12.9. The molecule has 6 heteroatoms. The number of amides is 1. The highest BCUT2D eigenvalue weighted by Crippen LogP contribution is 2.26. The molecule has 1 amide bonds. The van der Waals surface area contributed by atoms with Crippen LogP contribution in [0.5, 0.6) is 0 Å². The van der Waals surface area contributed by atoms with Crippen LogP contribution in [0.3, 0.4) is 0 Å². The van der Waals surface area contributed by atoms with Crippen molar-refractivity contribution in [1.82, 2.24) is 15.1 Å². The van der Waals surface area contributed by atoms with E-state index in [-0.39, 0.29) is 29.7 Å². The molecule has 2 rings (SSSR count). The van der Waals surface area contributed by atoms with Gasteiger partial charge in [0.1, 0.15) is 5.82 Å². The highest BCUT2D eigenvalue weighted by molar-refractivity contribution is 5.92. The van der Waals surface area contributed by atoms with Crippen LogP contribution in [0.2, 0.25) is 0 Å². The second-order valence-electron chi connectivity index (χ2n) is 7.05. The highest BCUT2D eigenvalue weighted by Gasteiger charge is 2.24. The lowest BCUT2D eigenvalue weighted by Gasteiger charge is -2.20. The summed E-state index contributed by atoms with van der Waals surface area (Å²) in [5.74, 6) is -0.629. The van der Waals surface area contributed by atoms with Crippen LogP contribution < -0.4 is 5.32 Å². The molecule has 1 aromatic heterocycles. The van der Waals surface area contributed by atoms with Gasteiger partial charge >= 0.3 is 0 Å². The number of carbonyl (C=O) groups is 1. The van der Waals surface area contributed by atoms with Crippen LogP contribution in [-0.2, 0) is 5.41 Å². The van der Waals surface area contributed by atoms with E-state index in [1.54, 1.807) is 22.9 Å². The van der Waals surface area contributed by atoms with Crippen LogP contribution in [0, 0.1) is 11.7 Å². The van der Waals surface area contributed by atoms with E-state index in [1.165, 1.54) is 12.1 Å². The molecule has 0 radical (unpaired) electrons. The van der Waals surface area contributed by atoms with Crippen LogP contribution in [0.15, 0.2) is 30.3 Å². The molecule has 0 aliphatic heterocycles. The maximum absolute atomic E-state index is 13.2. The zero-order valence-electron chi connectivity index (χ0n) is 14.5. The molecule has 2 aromatic rings. The molecule has 0 saturated carbocycles. The Hall–Kier alpha value is -2.21. The fourth-order valence-corrected chi connectivity index (χ4v) is 2.23. The Morgan fingerprint density at radius 2 is 1.96 bits per heavy atom. The van der Waals surface area contributed by atoms with Crippen molar-refractivity contribution in [2.75, 3.05) is 13.2 Å². The van der Waals surface area contributed by atoms with Crippen molar-refractivity contribution >= 4 is 5.91 Å². The zero-order chi connectivity index (χ0) is 17.9. The average molecular weight is 333 g/mol. The molecule has 0 spiro atoms. The molecule has 0 aliphatic carbocycles. The lowest BCUT2D eigenvalue weighted by molar-refractivity contribution is 0.0937. The van der Waals surface area contributed by atoms with Gasteiger partial charge in [0.05, 0.1) is 11.4 Å². The third kappa shape index (κ3) is 4.20. The highest BCUT2D eigenvalue weighted by atomic mass is 19.1. The molecule has 2 N–H and O–H groups in total. The Bertz CT molecular complexity index is 702. The standard InChI is InChI=1S/C18H24FN3O2/c1-12(11-23)10-20-17(24)15-9-16(18(2,3)4)22(21-15)14-7-5-13(19)6-8-14/h5-9,12,23H,10-11H2,1-4H3,(H,20,24). The Morgan fingerprint density at radius 1 is 1.33 bits per heavy atom. The van der Waals surface area contributed by atoms with E-state index in [0.29, 0.717) is 17.9 Å². The largest absolute Gasteiger partial charge is 0.396 e. The van der Waals surface area contributed by atoms with Crippen molar-refractivity contribution in [1.29, 1.82) is 0 Å². The van der Waals surface area contributed by atoms with Gasteiger partial charge in [-0.1, -0.05) is 27.7 Å². The van der Waals surface area contributed by atoms with Crippen molar-refractivity contribution in [2.45, 2.75) is 33.1 Å². The summed E-state index contributed by atoms with van der Waals surface area (Å²) in [6, 6.07) is 7.75. The number of nitrogens with one attached hydrogen (secondary N) is 1. The van der Waals surface area contributed by atoms with Gasteiger partial charge in [-0.3, -0.25) is 4.79 Å². The van der Waals surface area contributed by atoms with Gasteiger partial charge in [-0.2, -0.15) is 5.10 Å². The van der Waals surface area contributed by atoms with Crippen LogP contribution in [-0.4, -0.2) is 33.9 Å². The van der Waals surface area contributed by atoms with Gasteiger partial charge in [0.2, 0.25) is 0 Å². The molecule has 130 valence electrons. The number of halogens is 1. The summed E-state index contributed by atoms with van der Waals surface area (Å²) in [7, 11) is 0. The van der Waals surface area contributed by atoms with Gasteiger partial charge in [0, 0.05) is 18.6 Å². The first-order valence-corrected chi connectivity index (χ1v) is 7.98. The molecule has 1 heterocycles. The summed E-state index contributed by atoms with van der Waals surface area (Å²) in [6.45, 7) is 8.32. The minimum absolute atomic E-state index is 0.0114. The van der Waals surface area contributed by atoms with Crippen molar-refractivity contribution in [2.24, 2.45) is 5.92 Å². The van der Waals surface area contributed by atoms with Crippen molar-refractivity contribution in [3.8, 4) is 5.69 Å². The number of rotatable bonds is 5. The molecule has 1 atom stereocenters. The Kier molecular flexibility index (Phi) is 5.39. The topological polar surface area (TPSA) is 67.2 Å². The summed E-state index contributed by atoms with van der Waals surface area (Å²) in [5.41, 5.74) is 1.62. The summed E-state index contributed by atoms with van der Waals surface area (Å²) in [4.78, 5) is 12.3. The Morgan fingerprint density at radius 3 is 2.50 bits per heavy atom. The molecular formula is C18H24FN3O2. The van der Waals surface area contributed by atoms with Crippen LogP contribution in [0.4, 0.5) is 4.39 Å². The molecule has 0 bridgehead atoms. The van der Waals surface area contributed by atoms with E-state index < -0.39 is 0 Å². The summed E-state index contributed by atoms with van der Waals surface area (Å²) in [5, 5.41) is 16.2. The van der Waals surface area contributed by atoms with E-state index in [4.69, 9.17) is 5.11 Å². The van der Waals surface area contributed by atoms with E-state index in [1.807, 2.05) is 27.7 Å². The van der Waals surface area contributed by atoms with E-state index >= 15 is 0 Å². The number of aliphatic hydroxyl groups excluding tert-OH is 1. The fraction of sp³-hybridized carbons (Fsp3) is 0.444. The van der Waals surface area contributed by atoms with E-state index in [9.17, 15) is 9.18 Å². The van der Waals surface area contributed by atoms with Gasteiger partial charge < -0.3 is 10.4 Å². The van der Waals surface area contributed by atoms with Crippen LogP contribution in [0.1, 0.15) is 43.9 Å². The molecule has 0 saturated heterocycles. The summed E-state index contributed by atoms with van der Waals surface area (Å²) < 4.78 is 14.8. The lowest BCUT2D eigenvalue weighted by Crippen LogP contribution is -2.29. The minimum atomic E-state index is -0.320. The Balaban J connectivity index is 2.35. The van der Waals surface area contributed by atoms with Gasteiger partial charge in [-0.25, -0.2) is 9.07 Å². The predicted octanol–water partition coefficient (Wildman–Crippen LogP) is 2.67. The summed E-state index contributed by atoms with van der Waals surface area (Å²) in [6.07, 6.45) is 0. The number of nitrogens with zero attached hydrogens (tertiary/aromatic N) is 2. The van der Waals surface area contributed by atoms with E-state index in [0.717, 1.165) is 5.69 Å². The molecular weight excluding hydrogens is 309 g/mol. The molecule has 1 aromatic carbocycles. The number of hydrogen-bond acceptors (Lipinski definition) is 3. The van der Waals surface area contributed by atoms with Gasteiger partial charge in [0.15, 0.2) is 5.69 Å². The first-order valence-electron chi connectivity index (χ1n) is 7.98. The first kappa shape index (κ1) is 18.1. The van der Waals surface area contributed by atoms with Gasteiger partial charge in [-0.05, 0) is 36.2 Å². The predicted molar refractivity (Wildman–Crippen MR) is 90.8 cm³/mol. The maximum Gasteiger partial charge on any atom is 0.271 e. The number of aromatic nitrogens is 2. The van der Waals surface area contributed by atoms with Crippen molar-refractivity contribution < 1.29 is 14.3 Å². The number of aliphatic hydroxyl groups is 1. The molecule has 0 aliphatic rings. The fourth-order valence-electron chi connectivity index (χ4n) is 2.23. The number of carbonyl (C=O) groups excluding carboxylic acids is 1. The van der Waals surface area contributed by atoms with Gasteiger partial charge in [0.25, 0.3) is 5.91 Å². The zero-order valence-corrected chi connectivity index (χ0v) is 14.5. The average Bonchev–Trinajstić information content (AvgIpc) is 2.98. The molecule has 24 heavy (non-hydrogen) atoms. The third-order valence-electron chi connectivity index (χ3n) is 3.70. The van der Waals surface area contributed by atoms with Gasteiger partial charge in [-0.15, -0.1) is 0 Å². The van der Waals surface area contributed by atoms with Crippen LogP contribution >= 0.6 is 0 Å². The monoisotopic (exact) mass is 333 g/mol. The number of benzene rings is 1. The minimum Gasteiger partial charge on any atom is -0.396 e. The van der Waals surface area contributed by atoms with Crippen molar-refractivity contribution in [3.63, 3.8) is 0 Å². The SMILES string of the molecule is CC(CO)CNC(=O)c1cc(C(C)(C)C)n(-c2ccc(F)cc2)n1. The Labute approximate surface area is 141 Å². The van der Waals surface area contributed by atoms with Crippen molar-refractivity contribution in [3.05, 3.63) is 47.5 Å². The quantitative estimate of drug-likeness (QED) is 0.884. The smallest absolute Gasteiger partial charge is 0.271 e. The summed E-state index contributed by atoms with van der Waals surface area (Å²) >= 11 is 0. The molecule has 1 unspecified atom stereocenters. The molecule has 0 fully saturated rings. The van der Waals surface area contributed by atoms with E-state index in [2.05, 4.69) is 10.4 Å². The molecule has 5 nitrogen and oxygen atoms in total. The van der Waals surface area contributed by atoms with Crippen LogP contribution in [0.25, 0.3) is 5.69 Å². The lowest BCUT2D eigenvalue weighted by atomic mass is 9.91. The third-order valence-corrected chi connectivity index (χ3v) is 3.70. The second kappa shape index (κ2) is 7.13.